The van der Waals surface area contributed by atoms with E-state index in [1.807, 2.05) is 35.6 Å². The van der Waals surface area contributed by atoms with Crippen LogP contribution in [0.4, 0.5) is 11.5 Å². The van der Waals surface area contributed by atoms with Gasteiger partial charge in [-0.3, -0.25) is 14.9 Å². The Morgan fingerprint density at radius 2 is 2.15 bits per heavy atom. The highest BCUT2D eigenvalue weighted by atomic mass is 127. The summed E-state index contributed by atoms with van der Waals surface area (Å²) in [6, 6.07) is 7.75. The molecule has 1 N–H and O–H groups in total. The van der Waals surface area contributed by atoms with Crippen molar-refractivity contribution in [1.82, 2.24) is 4.98 Å². The first-order valence-corrected chi connectivity index (χ1v) is 6.74. The van der Waals surface area contributed by atoms with E-state index in [4.69, 9.17) is 0 Å². The molecule has 6 nitrogen and oxygen atoms in total. The second-order valence-electron chi connectivity index (χ2n) is 4.04. The molecule has 1 aromatic carbocycles. The Morgan fingerprint density at radius 3 is 2.80 bits per heavy atom. The van der Waals surface area contributed by atoms with E-state index in [0.717, 1.165) is 5.56 Å². The van der Waals surface area contributed by atoms with Gasteiger partial charge in [-0.25, -0.2) is 4.98 Å². The number of nitrogens with zero attached hydrogens (tertiary/aromatic N) is 2. The third kappa shape index (κ3) is 3.10. The number of aryl methyl sites for hydroxylation is 1. The number of benzene rings is 1. The second-order valence-corrected chi connectivity index (χ2v) is 5.21. The van der Waals surface area contributed by atoms with E-state index < -0.39 is 10.8 Å². The topological polar surface area (TPSA) is 85.1 Å². The molecule has 1 amide bonds. The Kier molecular flexibility index (Phi) is 4.28. The van der Waals surface area contributed by atoms with E-state index in [1.54, 1.807) is 18.3 Å². The summed E-state index contributed by atoms with van der Waals surface area (Å²) in [4.78, 5) is 26.5. The summed E-state index contributed by atoms with van der Waals surface area (Å²) >= 11 is 1.96. The summed E-state index contributed by atoms with van der Waals surface area (Å²) in [5, 5.41) is 13.4. The van der Waals surface area contributed by atoms with Crippen molar-refractivity contribution < 1.29 is 9.72 Å². The van der Waals surface area contributed by atoms with Gasteiger partial charge in [-0.15, -0.1) is 0 Å². The highest BCUT2D eigenvalue weighted by Gasteiger charge is 2.16. The zero-order chi connectivity index (χ0) is 14.7. The fraction of sp³-hybridized carbons (Fsp3) is 0.0769. The summed E-state index contributed by atoms with van der Waals surface area (Å²) in [6.07, 6.45) is 1.57. The highest BCUT2D eigenvalue weighted by Crippen LogP contribution is 2.21. The van der Waals surface area contributed by atoms with Gasteiger partial charge in [0.2, 0.25) is 0 Å². The van der Waals surface area contributed by atoms with Crippen LogP contribution in [0.1, 0.15) is 15.9 Å². The molecule has 0 spiro atoms. The number of halogens is 1. The van der Waals surface area contributed by atoms with Crippen molar-refractivity contribution in [2.45, 2.75) is 6.92 Å². The Labute approximate surface area is 128 Å². The maximum atomic E-state index is 12.2. The minimum atomic E-state index is -0.529. The van der Waals surface area contributed by atoms with Crippen molar-refractivity contribution in [2.24, 2.45) is 0 Å². The Hall–Kier alpha value is -2.03. The van der Waals surface area contributed by atoms with Gasteiger partial charge in [0.1, 0.15) is 5.82 Å². The number of nitro benzene ring substituents is 1. The van der Waals surface area contributed by atoms with Crippen LogP contribution in [0.2, 0.25) is 0 Å². The summed E-state index contributed by atoms with van der Waals surface area (Å²) in [6.45, 7) is 1.82. The van der Waals surface area contributed by atoms with Crippen LogP contribution in [0.3, 0.4) is 0 Å². The number of nitro groups is 1. The van der Waals surface area contributed by atoms with Crippen molar-refractivity contribution in [2.75, 3.05) is 5.32 Å². The minimum absolute atomic E-state index is 0.117. The quantitative estimate of drug-likeness (QED) is 0.501. The van der Waals surface area contributed by atoms with Crippen LogP contribution in [0.15, 0.2) is 36.5 Å². The number of hydrogen-bond donors (Lipinski definition) is 1. The van der Waals surface area contributed by atoms with Gasteiger partial charge in [0.05, 0.1) is 10.5 Å². The molecule has 2 rings (SSSR count). The lowest BCUT2D eigenvalue weighted by Crippen LogP contribution is -2.15. The van der Waals surface area contributed by atoms with Gasteiger partial charge in [0.15, 0.2) is 0 Å². The van der Waals surface area contributed by atoms with Gasteiger partial charge in [-0.1, -0.05) is 6.07 Å². The number of non-ortho nitro benzene ring substituents is 1. The molecule has 0 aliphatic heterocycles. The third-order valence-electron chi connectivity index (χ3n) is 2.65. The molecular formula is C13H10IN3O3. The number of anilines is 1. The molecule has 2 aromatic rings. The Bertz CT molecular complexity index is 688. The van der Waals surface area contributed by atoms with Crippen molar-refractivity contribution >= 4 is 40.0 Å². The maximum Gasteiger partial charge on any atom is 0.270 e. The van der Waals surface area contributed by atoms with Gasteiger partial charge < -0.3 is 5.32 Å². The molecule has 0 unspecified atom stereocenters. The number of pyridine rings is 1. The van der Waals surface area contributed by atoms with Crippen LogP contribution in [0.25, 0.3) is 0 Å². The normalized spacial score (nSPS) is 10.1. The average Bonchev–Trinajstić information content (AvgIpc) is 2.41. The molecule has 0 aliphatic carbocycles. The predicted molar refractivity (Wildman–Crippen MR) is 82.7 cm³/mol. The van der Waals surface area contributed by atoms with Crippen LogP contribution < -0.4 is 5.32 Å². The largest absolute Gasteiger partial charge is 0.306 e. The molecule has 0 atom stereocenters. The number of carbonyl (C=O) groups excluding carboxylic acids is 1. The number of hydrogen-bond acceptors (Lipinski definition) is 4. The van der Waals surface area contributed by atoms with E-state index >= 15 is 0 Å². The van der Waals surface area contributed by atoms with Crippen molar-refractivity contribution in [3.8, 4) is 0 Å². The molecule has 0 radical (unpaired) electrons. The van der Waals surface area contributed by atoms with Crippen LogP contribution >= 0.6 is 22.6 Å². The van der Waals surface area contributed by atoms with Gasteiger partial charge in [0.25, 0.3) is 11.6 Å². The summed E-state index contributed by atoms with van der Waals surface area (Å²) in [5.74, 6) is 0.0275. The standard InChI is InChI=1S/C13H10IN3O3/c1-8-3-2-6-15-12(8)16-13(18)10-7-9(17(19)20)4-5-11(10)14/h2-7H,1H3,(H,15,16,18). The molecule has 0 bridgehead atoms. The number of rotatable bonds is 3. The third-order valence-corrected chi connectivity index (χ3v) is 3.59. The average molecular weight is 383 g/mol. The van der Waals surface area contributed by atoms with Crippen molar-refractivity contribution in [1.29, 1.82) is 0 Å². The summed E-state index contributed by atoms with van der Waals surface area (Å²) in [7, 11) is 0. The van der Waals surface area contributed by atoms with Gasteiger partial charge in [-0.05, 0) is 47.2 Å². The van der Waals surface area contributed by atoms with Crippen molar-refractivity contribution in [3.05, 3.63) is 61.3 Å². The molecule has 0 aliphatic rings. The maximum absolute atomic E-state index is 12.2. The molecule has 1 heterocycles. The van der Waals surface area contributed by atoms with E-state index in [1.165, 1.54) is 12.1 Å². The first kappa shape index (κ1) is 14.4. The number of carbonyl (C=O) groups is 1. The molecule has 102 valence electrons. The predicted octanol–water partition coefficient (Wildman–Crippen LogP) is 3.16. The molecule has 0 saturated carbocycles. The van der Waals surface area contributed by atoms with Gasteiger partial charge in [-0.2, -0.15) is 0 Å². The number of aromatic nitrogens is 1. The number of amides is 1. The fourth-order valence-corrected chi connectivity index (χ4v) is 2.17. The molecule has 7 heteroatoms. The monoisotopic (exact) mass is 383 g/mol. The van der Waals surface area contributed by atoms with E-state index in [2.05, 4.69) is 10.3 Å². The zero-order valence-electron chi connectivity index (χ0n) is 10.5. The first-order valence-electron chi connectivity index (χ1n) is 5.66. The van der Waals surface area contributed by atoms with Crippen LogP contribution in [-0.4, -0.2) is 15.8 Å². The lowest BCUT2D eigenvalue weighted by molar-refractivity contribution is -0.384. The van der Waals surface area contributed by atoms with Crippen LogP contribution in [0, 0.1) is 20.6 Å². The van der Waals surface area contributed by atoms with Gasteiger partial charge in [0, 0.05) is 21.9 Å². The molecule has 0 fully saturated rings. The lowest BCUT2D eigenvalue weighted by atomic mass is 10.2. The Balaban J connectivity index is 2.32. The first-order chi connectivity index (χ1) is 9.49. The molecule has 20 heavy (non-hydrogen) atoms. The molecular weight excluding hydrogens is 373 g/mol. The van der Waals surface area contributed by atoms with E-state index in [-0.39, 0.29) is 11.3 Å². The van der Waals surface area contributed by atoms with Crippen molar-refractivity contribution in [3.63, 3.8) is 0 Å². The Morgan fingerprint density at radius 1 is 1.40 bits per heavy atom. The van der Waals surface area contributed by atoms with E-state index in [0.29, 0.717) is 9.39 Å². The molecule has 1 aromatic heterocycles. The summed E-state index contributed by atoms with van der Waals surface area (Å²) < 4.78 is 0.638. The minimum Gasteiger partial charge on any atom is -0.306 e. The van der Waals surface area contributed by atoms with Crippen LogP contribution in [0.5, 0.6) is 0 Å². The smallest absolute Gasteiger partial charge is 0.270 e. The highest BCUT2D eigenvalue weighted by molar-refractivity contribution is 14.1. The lowest BCUT2D eigenvalue weighted by Gasteiger charge is -2.08. The SMILES string of the molecule is Cc1cccnc1NC(=O)c1cc([N+](=O)[O-])ccc1I. The summed E-state index contributed by atoms with van der Waals surface area (Å²) in [5.41, 5.74) is 0.958. The van der Waals surface area contributed by atoms with Gasteiger partial charge >= 0.3 is 0 Å². The van der Waals surface area contributed by atoms with E-state index in [9.17, 15) is 14.9 Å². The fourth-order valence-electron chi connectivity index (χ4n) is 1.59. The zero-order valence-corrected chi connectivity index (χ0v) is 12.6. The molecule has 0 saturated heterocycles. The number of nitrogens with one attached hydrogen (secondary N) is 1. The van der Waals surface area contributed by atoms with Crippen LogP contribution in [-0.2, 0) is 0 Å². The second kappa shape index (κ2) is 5.95.